The standard InChI is InChI=1S/C21H32N2O3S/c1-3-23(4-2)27(24,25)17-10-11-19-18(13-17)21-16(14-22-19)9-12-20(26-21)15-7-5-6-8-15/h10-11,13,15-16,20-22H,3-9,12,14H2,1-2H3. The predicted molar refractivity (Wildman–Crippen MR) is 107 cm³/mol. The molecule has 5 nitrogen and oxygen atoms in total. The molecule has 2 aliphatic heterocycles. The Kier molecular flexibility index (Phi) is 5.50. The second kappa shape index (κ2) is 7.72. The van der Waals surface area contributed by atoms with Crippen molar-refractivity contribution in [3.8, 4) is 0 Å². The average Bonchev–Trinajstić information content (AvgIpc) is 3.22. The van der Waals surface area contributed by atoms with Gasteiger partial charge in [-0.25, -0.2) is 8.42 Å². The van der Waals surface area contributed by atoms with Gasteiger partial charge in [-0.1, -0.05) is 26.7 Å². The van der Waals surface area contributed by atoms with Crippen molar-refractivity contribution in [3.63, 3.8) is 0 Å². The number of hydrogen-bond acceptors (Lipinski definition) is 4. The molecule has 6 heteroatoms. The maximum Gasteiger partial charge on any atom is 0.243 e. The highest BCUT2D eigenvalue weighted by Crippen LogP contribution is 2.46. The Bertz CT molecular complexity index is 770. The fourth-order valence-corrected chi connectivity index (χ4v) is 6.65. The first-order chi connectivity index (χ1) is 13.0. The van der Waals surface area contributed by atoms with E-state index >= 15 is 0 Å². The Labute approximate surface area is 163 Å². The van der Waals surface area contributed by atoms with Gasteiger partial charge in [-0.15, -0.1) is 0 Å². The van der Waals surface area contributed by atoms with Gasteiger partial charge in [-0.3, -0.25) is 0 Å². The molecule has 0 radical (unpaired) electrons. The molecule has 2 heterocycles. The second-order valence-corrected chi connectivity index (χ2v) is 10.1. The summed E-state index contributed by atoms with van der Waals surface area (Å²) in [5.41, 5.74) is 2.06. The van der Waals surface area contributed by atoms with Crippen LogP contribution in [0.3, 0.4) is 0 Å². The molecule has 0 spiro atoms. The molecular formula is C21H32N2O3S. The van der Waals surface area contributed by atoms with E-state index in [1.165, 1.54) is 30.0 Å². The number of fused-ring (bicyclic) bond motifs is 3. The molecule has 1 aliphatic carbocycles. The summed E-state index contributed by atoms with van der Waals surface area (Å²) in [5.74, 6) is 1.12. The van der Waals surface area contributed by atoms with E-state index in [1.807, 2.05) is 26.0 Å². The van der Waals surface area contributed by atoms with E-state index in [1.54, 1.807) is 6.07 Å². The maximum atomic E-state index is 13.0. The normalized spacial score (nSPS) is 28.6. The molecule has 1 N–H and O–H groups in total. The van der Waals surface area contributed by atoms with E-state index in [2.05, 4.69) is 5.32 Å². The fraction of sp³-hybridized carbons (Fsp3) is 0.714. The van der Waals surface area contributed by atoms with Crippen LogP contribution in [0.2, 0.25) is 0 Å². The summed E-state index contributed by atoms with van der Waals surface area (Å²) >= 11 is 0. The lowest BCUT2D eigenvalue weighted by Crippen LogP contribution is -2.39. The van der Waals surface area contributed by atoms with E-state index in [9.17, 15) is 8.42 Å². The minimum absolute atomic E-state index is 0.0208. The van der Waals surface area contributed by atoms with Gasteiger partial charge in [0.05, 0.1) is 17.1 Å². The van der Waals surface area contributed by atoms with Crippen LogP contribution >= 0.6 is 0 Å². The maximum absolute atomic E-state index is 13.0. The highest BCUT2D eigenvalue weighted by molar-refractivity contribution is 7.89. The molecule has 2 fully saturated rings. The van der Waals surface area contributed by atoms with E-state index in [-0.39, 0.29) is 6.10 Å². The van der Waals surface area contributed by atoms with Crippen LogP contribution < -0.4 is 5.32 Å². The van der Waals surface area contributed by atoms with E-state index < -0.39 is 10.0 Å². The lowest BCUT2D eigenvalue weighted by molar-refractivity contribution is -0.107. The van der Waals surface area contributed by atoms with Crippen molar-refractivity contribution in [1.82, 2.24) is 4.31 Å². The Morgan fingerprint density at radius 1 is 1.07 bits per heavy atom. The second-order valence-electron chi connectivity index (χ2n) is 8.20. The molecular weight excluding hydrogens is 360 g/mol. The number of nitrogens with one attached hydrogen (secondary N) is 1. The topological polar surface area (TPSA) is 58.6 Å². The summed E-state index contributed by atoms with van der Waals surface area (Å²) in [6, 6.07) is 5.52. The van der Waals surface area contributed by atoms with Crippen molar-refractivity contribution in [3.05, 3.63) is 23.8 Å². The van der Waals surface area contributed by atoms with Crippen LogP contribution in [-0.2, 0) is 14.8 Å². The number of rotatable bonds is 5. The van der Waals surface area contributed by atoms with Gasteiger partial charge in [0, 0.05) is 36.8 Å². The number of anilines is 1. The Balaban J connectivity index is 1.64. The van der Waals surface area contributed by atoms with Crippen LogP contribution in [0, 0.1) is 11.8 Å². The molecule has 1 saturated carbocycles. The lowest BCUT2D eigenvalue weighted by atomic mass is 9.81. The molecule has 1 aromatic rings. The van der Waals surface area contributed by atoms with Gasteiger partial charge in [-0.2, -0.15) is 4.31 Å². The predicted octanol–water partition coefficient (Wildman–Crippen LogP) is 4.17. The first kappa shape index (κ1) is 19.2. The Hall–Kier alpha value is -1.11. The number of nitrogens with zero attached hydrogens (tertiary/aromatic N) is 1. The van der Waals surface area contributed by atoms with Gasteiger partial charge >= 0.3 is 0 Å². The Morgan fingerprint density at radius 3 is 2.52 bits per heavy atom. The van der Waals surface area contributed by atoms with Crippen molar-refractivity contribution in [2.24, 2.45) is 11.8 Å². The number of sulfonamides is 1. The Morgan fingerprint density at radius 2 is 1.81 bits per heavy atom. The molecule has 27 heavy (non-hydrogen) atoms. The summed E-state index contributed by atoms with van der Waals surface area (Å²) in [5, 5.41) is 3.49. The minimum atomic E-state index is -3.45. The number of ether oxygens (including phenoxy) is 1. The first-order valence-corrected chi connectivity index (χ1v) is 12.0. The van der Waals surface area contributed by atoms with Crippen LogP contribution in [-0.4, -0.2) is 38.5 Å². The lowest BCUT2D eigenvalue weighted by Gasteiger charge is -2.43. The van der Waals surface area contributed by atoms with Crippen LogP contribution in [0.4, 0.5) is 5.69 Å². The zero-order valence-corrected chi connectivity index (χ0v) is 17.3. The summed E-state index contributed by atoms with van der Waals surface area (Å²) in [6.07, 6.45) is 7.86. The van der Waals surface area contributed by atoms with E-state index in [0.29, 0.717) is 35.9 Å². The third kappa shape index (κ3) is 3.52. The molecule has 1 saturated heterocycles. The molecule has 0 aromatic heterocycles. The zero-order valence-electron chi connectivity index (χ0n) is 16.5. The molecule has 3 unspecified atom stereocenters. The SMILES string of the molecule is CCN(CC)S(=O)(=O)c1ccc2c(c1)C1OC(C3CCCC3)CCC1CN2. The van der Waals surface area contributed by atoms with Crippen LogP contribution in [0.5, 0.6) is 0 Å². The van der Waals surface area contributed by atoms with Crippen molar-refractivity contribution >= 4 is 15.7 Å². The minimum Gasteiger partial charge on any atom is -0.384 e. The third-order valence-corrected chi connectivity index (χ3v) is 8.77. The molecule has 3 atom stereocenters. The van der Waals surface area contributed by atoms with Crippen molar-refractivity contribution in [2.45, 2.75) is 69.5 Å². The quantitative estimate of drug-likeness (QED) is 0.817. The molecule has 0 bridgehead atoms. The molecule has 1 aromatic carbocycles. The zero-order chi connectivity index (χ0) is 19.0. The van der Waals surface area contributed by atoms with Gasteiger partial charge in [0.25, 0.3) is 0 Å². The van der Waals surface area contributed by atoms with E-state index in [0.717, 1.165) is 30.6 Å². The van der Waals surface area contributed by atoms with Gasteiger partial charge in [0.15, 0.2) is 0 Å². The summed E-state index contributed by atoms with van der Waals surface area (Å²) in [7, 11) is -3.45. The van der Waals surface area contributed by atoms with Crippen molar-refractivity contribution < 1.29 is 13.2 Å². The van der Waals surface area contributed by atoms with Crippen LogP contribution in [0.25, 0.3) is 0 Å². The third-order valence-electron chi connectivity index (χ3n) is 6.72. The average molecular weight is 393 g/mol. The summed E-state index contributed by atoms with van der Waals surface area (Å²) in [4.78, 5) is 0.388. The van der Waals surface area contributed by atoms with Crippen LogP contribution in [0.15, 0.2) is 23.1 Å². The number of hydrogen-bond donors (Lipinski definition) is 1. The van der Waals surface area contributed by atoms with Crippen LogP contribution in [0.1, 0.15) is 64.0 Å². The first-order valence-electron chi connectivity index (χ1n) is 10.6. The highest BCUT2D eigenvalue weighted by Gasteiger charge is 2.40. The monoisotopic (exact) mass is 392 g/mol. The molecule has 3 aliphatic rings. The summed E-state index contributed by atoms with van der Waals surface area (Å²) < 4.78 is 34.1. The van der Waals surface area contributed by atoms with Crippen molar-refractivity contribution in [2.75, 3.05) is 25.0 Å². The molecule has 4 rings (SSSR count). The summed E-state index contributed by atoms with van der Waals surface area (Å²) in [6.45, 7) is 5.65. The fourth-order valence-electron chi connectivity index (χ4n) is 5.16. The van der Waals surface area contributed by atoms with Gasteiger partial charge in [-0.05, 0) is 49.8 Å². The van der Waals surface area contributed by atoms with E-state index in [4.69, 9.17) is 4.74 Å². The van der Waals surface area contributed by atoms with Gasteiger partial charge in [0.2, 0.25) is 10.0 Å². The molecule has 150 valence electrons. The highest BCUT2D eigenvalue weighted by atomic mass is 32.2. The van der Waals surface area contributed by atoms with Gasteiger partial charge in [0.1, 0.15) is 0 Å². The van der Waals surface area contributed by atoms with Crippen molar-refractivity contribution in [1.29, 1.82) is 0 Å². The molecule has 0 amide bonds. The van der Waals surface area contributed by atoms with Gasteiger partial charge < -0.3 is 10.1 Å². The largest absolute Gasteiger partial charge is 0.384 e. The smallest absolute Gasteiger partial charge is 0.243 e. The number of benzene rings is 1.